The molecule has 1 fully saturated rings. The quantitative estimate of drug-likeness (QED) is 0.747. The molecule has 5 heteroatoms. The largest absolute Gasteiger partial charge is 0.383 e. The molecule has 1 rings (SSSR count). The van der Waals surface area contributed by atoms with E-state index < -0.39 is 0 Å². The van der Waals surface area contributed by atoms with Crippen LogP contribution in [0.5, 0.6) is 0 Å². The standard InChI is InChI=1S/C14H28N2O3/c1-11(10-19-4)16(8-9-18-3)14(17)13-6-5-7-15-12(13)2/h11-13,15H,5-10H2,1-4H3. The predicted octanol–water partition coefficient (Wildman–Crippen LogP) is 0.884. The summed E-state index contributed by atoms with van der Waals surface area (Å²) in [6, 6.07) is 0.336. The Kier molecular flexibility index (Phi) is 7.34. The molecule has 5 nitrogen and oxygen atoms in total. The summed E-state index contributed by atoms with van der Waals surface area (Å²) in [5.41, 5.74) is 0. The van der Waals surface area contributed by atoms with Gasteiger partial charge in [0, 0.05) is 26.8 Å². The van der Waals surface area contributed by atoms with Gasteiger partial charge in [-0.25, -0.2) is 0 Å². The number of ether oxygens (including phenoxy) is 2. The first-order chi connectivity index (χ1) is 9.11. The van der Waals surface area contributed by atoms with Crippen LogP contribution < -0.4 is 5.32 Å². The fraction of sp³-hybridized carbons (Fsp3) is 0.929. The fourth-order valence-electron chi connectivity index (χ4n) is 2.66. The van der Waals surface area contributed by atoms with Crippen LogP contribution in [0.3, 0.4) is 0 Å². The first-order valence-electron chi connectivity index (χ1n) is 7.13. The maximum absolute atomic E-state index is 12.7. The van der Waals surface area contributed by atoms with Gasteiger partial charge in [0.15, 0.2) is 0 Å². The van der Waals surface area contributed by atoms with Crippen molar-refractivity contribution in [2.24, 2.45) is 5.92 Å². The van der Waals surface area contributed by atoms with Crippen LogP contribution in [-0.2, 0) is 14.3 Å². The van der Waals surface area contributed by atoms with E-state index in [0.717, 1.165) is 19.4 Å². The number of hydrogen-bond acceptors (Lipinski definition) is 4. The lowest BCUT2D eigenvalue weighted by Crippen LogP contribution is -2.52. The molecule has 0 radical (unpaired) electrons. The average molecular weight is 272 g/mol. The monoisotopic (exact) mass is 272 g/mol. The zero-order valence-corrected chi connectivity index (χ0v) is 12.6. The molecule has 0 bridgehead atoms. The van der Waals surface area contributed by atoms with Gasteiger partial charge in [-0.1, -0.05) is 0 Å². The fourth-order valence-corrected chi connectivity index (χ4v) is 2.66. The highest BCUT2D eigenvalue weighted by Crippen LogP contribution is 2.20. The van der Waals surface area contributed by atoms with Gasteiger partial charge in [-0.3, -0.25) is 4.79 Å². The Morgan fingerprint density at radius 1 is 1.42 bits per heavy atom. The SMILES string of the molecule is COCCN(C(=O)C1CCCNC1C)C(C)COC. The van der Waals surface area contributed by atoms with E-state index in [2.05, 4.69) is 12.2 Å². The number of nitrogens with zero attached hydrogens (tertiary/aromatic N) is 1. The summed E-state index contributed by atoms with van der Waals surface area (Å²) < 4.78 is 10.3. The van der Waals surface area contributed by atoms with Crippen molar-refractivity contribution >= 4 is 5.91 Å². The Balaban J connectivity index is 2.68. The Bertz CT molecular complexity index is 273. The molecule has 0 spiro atoms. The van der Waals surface area contributed by atoms with Gasteiger partial charge < -0.3 is 19.7 Å². The van der Waals surface area contributed by atoms with Crippen LogP contribution in [0, 0.1) is 5.92 Å². The summed E-state index contributed by atoms with van der Waals surface area (Å²) in [5.74, 6) is 0.297. The first-order valence-corrected chi connectivity index (χ1v) is 7.13. The average Bonchev–Trinajstić information content (AvgIpc) is 2.39. The smallest absolute Gasteiger partial charge is 0.227 e. The predicted molar refractivity (Wildman–Crippen MR) is 75.1 cm³/mol. The molecule has 112 valence electrons. The molecule has 3 unspecified atom stereocenters. The van der Waals surface area contributed by atoms with Crippen LogP contribution in [0.2, 0.25) is 0 Å². The zero-order chi connectivity index (χ0) is 14.3. The molecule has 0 aromatic carbocycles. The number of nitrogens with one attached hydrogen (secondary N) is 1. The van der Waals surface area contributed by atoms with Gasteiger partial charge in [-0.15, -0.1) is 0 Å². The van der Waals surface area contributed by atoms with Gasteiger partial charge in [-0.05, 0) is 33.2 Å². The molecule has 0 aromatic heterocycles. The maximum Gasteiger partial charge on any atom is 0.227 e. The molecule has 1 amide bonds. The number of methoxy groups -OCH3 is 2. The first kappa shape index (κ1) is 16.4. The van der Waals surface area contributed by atoms with E-state index in [1.165, 1.54) is 0 Å². The van der Waals surface area contributed by atoms with E-state index in [0.29, 0.717) is 19.8 Å². The molecule has 0 saturated carbocycles. The molecule has 19 heavy (non-hydrogen) atoms. The van der Waals surface area contributed by atoms with Crippen LogP contribution in [0.4, 0.5) is 0 Å². The van der Waals surface area contributed by atoms with Gasteiger partial charge in [-0.2, -0.15) is 0 Å². The van der Waals surface area contributed by atoms with Crippen LogP contribution in [0.1, 0.15) is 26.7 Å². The van der Waals surface area contributed by atoms with Crippen molar-refractivity contribution in [2.45, 2.75) is 38.8 Å². The molecule has 3 atom stereocenters. The van der Waals surface area contributed by atoms with E-state index in [-0.39, 0.29) is 23.9 Å². The number of carbonyl (C=O) groups is 1. The van der Waals surface area contributed by atoms with E-state index in [1.54, 1.807) is 14.2 Å². The Morgan fingerprint density at radius 2 is 2.16 bits per heavy atom. The molecule has 1 saturated heterocycles. The van der Waals surface area contributed by atoms with Gasteiger partial charge in [0.05, 0.1) is 25.2 Å². The lowest BCUT2D eigenvalue weighted by molar-refractivity contribution is -0.141. The van der Waals surface area contributed by atoms with Crippen molar-refractivity contribution in [3.63, 3.8) is 0 Å². The van der Waals surface area contributed by atoms with E-state index in [1.807, 2.05) is 11.8 Å². The molecule has 1 aliphatic heterocycles. The summed E-state index contributed by atoms with van der Waals surface area (Å²) in [7, 11) is 3.33. The van der Waals surface area contributed by atoms with Gasteiger partial charge >= 0.3 is 0 Å². The second-order valence-electron chi connectivity index (χ2n) is 5.32. The number of amides is 1. The highest BCUT2D eigenvalue weighted by Gasteiger charge is 2.32. The summed E-state index contributed by atoms with van der Waals surface area (Å²) >= 11 is 0. The number of carbonyl (C=O) groups excluding carboxylic acids is 1. The zero-order valence-electron chi connectivity index (χ0n) is 12.6. The highest BCUT2D eigenvalue weighted by atomic mass is 16.5. The highest BCUT2D eigenvalue weighted by molar-refractivity contribution is 5.80. The van der Waals surface area contributed by atoms with E-state index in [9.17, 15) is 4.79 Å². The minimum Gasteiger partial charge on any atom is -0.383 e. The van der Waals surface area contributed by atoms with Gasteiger partial charge in [0.2, 0.25) is 5.91 Å². The minimum absolute atomic E-state index is 0.0740. The third-order valence-corrected chi connectivity index (χ3v) is 3.84. The Morgan fingerprint density at radius 3 is 2.74 bits per heavy atom. The summed E-state index contributed by atoms with van der Waals surface area (Å²) in [5, 5.41) is 3.38. The van der Waals surface area contributed by atoms with Gasteiger partial charge in [0.1, 0.15) is 0 Å². The molecular formula is C14H28N2O3. The molecule has 0 aromatic rings. The van der Waals surface area contributed by atoms with Crippen LogP contribution in [0.15, 0.2) is 0 Å². The van der Waals surface area contributed by atoms with Crippen LogP contribution in [0.25, 0.3) is 0 Å². The van der Waals surface area contributed by atoms with Crippen molar-refractivity contribution in [2.75, 3.05) is 40.5 Å². The van der Waals surface area contributed by atoms with Crippen molar-refractivity contribution < 1.29 is 14.3 Å². The number of piperidine rings is 1. The van der Waals surface area contributed by atoms with Crippen LogP contribution >= 0.6 is 0 Å². The third-order valence-electron chi connectivity index (χ3n) is 3.84. The lowest BCUT2D eigenvalue weighted by atomic mass is 9.90. The van der Waals surface area contributed by atoms with Crippen molar-refractivity contribution in [1.82, 2.24) is 10.2 Å². The van der Waals surface area contributed by atoms with Crippen molar-refractivity contribution in [3.8, 4) is 0 Å². The maximum atomic E-state index is 12.7. The molecule has 1 aliphatic rings. The summed E-state index contributed by atoms with van der Waals surface area (Å²) in [6.07, 6.45) is 2.04. The third kappa shape index (κ3) is 4.75. The topological polar surface area (TPSA) is 50.8 Å². The van der Waals surface area contributed by atoms with Crippen molar-refractivity contribution in [1.29, 1.82) is 0 Å². The van der Waals surface area contributed by atoms with Crippen molar-refractivity contribution in [3.05, 3.63) is 0 Å². The summed E-state index contributed by atoms with van der Waals surface area (Å²) in [6.45, 7) is 6.88. The molecule has 0 aliphatic carbocycles. The molecule has 1 N–H and O–H groups in total. The number of hydrogen-bond donors (Lipinski definition) is 1. The molecule has 1 heterocycles. The summed E-state index contributed by atoms with van der Waals surface area (Å²) in [4.78, 5) is 14.6. The second kappa shape index (κ2) is 8.51. The van der Waals surface area contributed by atoms with E-state index in [4.69, 9.17) is 9.47 Å². The molecular weight excluding hydrogens is 244 g/mol. The van der Waals surface area contributed by atoms with Crippen LogP contribution in [-0.4, -0.2) is 63.4 Å². The Labute approximate surface area is 116 Å². The normalized spacial score (nSPS) is 25.1. The minimum atomic E-state index is 0.0740. The Hall–Kier alpha value is -0.650. The van der Waals surface area contributed by atoms with Gasteiger partial charge in [0.25, 0.3) is 0 Å². The lowest BCUT2D eigenvalue weighted by Gasteiger charge is -2.36. The van der Waals surface area contributed by atoms with E-state index >= 15 is 0 Å². The number of rotatable bonds is 7. The second-order valence-corrected chi connectivity index (χ2v) is 5.32.